The van der Waals surface area contributed by atoms with Gasteiger partial charge < -0.3 is 15.5 Å². The maximum Gasteiger partial charge on any atom is 0.226 e. The first-order valence-electron chi connectivity index (χ1n) is 7.83. The van der Waals surface area contributed by atoms with Crippen LogP contribution in [0.25, 0.3) is 0 Å². The highest BCUT2D eigenvalue weighted by Crippen LogP contribution is 2.16. The Morgan fingerprint density at radius 1 is 1.38 bits per heavy atom. The molecule has 1 heterocycles. The molecule has 0 saturated carbocycles. The molecule has 1 aromatic carbocycles. The maximum atomic E-state index is 11.7. The van der Waals surface area contributed by atoms with Crippen LogP contribution >= 0.6 is 0 Å². The van der Waals surface area contributed by atoms with Crippen LogP contribution in [0.4, 0.5) is 5.69 Å². The number of nitrogens with one attached hydrogen (secondary N) is 2. The highest BCUT2D eigenvalue weighted by atomic mass is 16.2. The van der Waals surface area contributed by atoms with E-state index in [0.717, 1.165) is 24.2 Å². The summed E-state index contributed by atoms with van der Waals surface area (Å²) in [4.78, 5) is 13.3. The molecular weight excluding hydrogens is 262 g/mol. The van der Waals surface area contributed by atoms with Crippen molar-refractivity contribution in [2.45, 2.75) is 44.7 Å². The van der Waals surface area contributed by atoms with Crippen LogP contribution in [0.1, 0.15) is 31.7 Å². The van der Waals surface area contributed by atoms with E-state index in [1.807, 2.05) is 12.1 Å². The van der Waals surface area contributed by atoms with Gasteiger partial charge in [-0.3, -0.25) is 4.79 Å². The number of nitrogens with zero attached hydrogens (tertiary/aromatic N) is 1. The molecular formula is C17H27N3O. The van der Waals surface area contributed by atoms with E-state index in [9.17, 15) is 4.79 Å². The molecule has 2 N–H and O–H groups in total. The number of amides is 1. The summed E-state index contributed by atoms with van der Waals surface area (Å²) in [6, 6.07) is 9.31. The Morgan fingerprint density at radius 2 is 2.10 bits per heavy atom. The summed E-state index contributed by atoms with van der Waals surface area (Å²) in [7, 11) is 3.58. The minimum absolute atomic E-state index is 0.136. The highest BCUT2D eigenvalue weighted by molar-refractivity contribution is 5.78. The van der Waals surface area contributed by atoms with Crippen molar-refractivity contribution >= 4 is 11.6 Å². The van der Waals surface area contributed by atoms with Gasteiger partial charge in [-0.15, -0.1) is 0 Å². The number of hydrogen-bond acceptors (Lipinski definition) is 3. The van der Waals surface area contributed by atoms with Gasteiger partial charge in [0.05, 0.1) is 6.42 Å². The van der Waals surface area contributed by atoms with Gasteiger partial charge in [0.25, 0.3) is 0 Å². The van der Waals surface area contributed by atoms with E-state index in [1.165, 1.54) is 12.8 Å². The monoisotopic (exact) mass is 289 g/mol. The number of hydrogen-bond donors (Lipinski definition) is 2. The zero-order valence-corrected chi connectivity index (χ0v) is 13.4. The largest absolute Gasteiger partial charge is 0.383 e. The normalized spacial score (nSPS) is 19.3. The van der Waals surface area contributed by atoms with Crippen molar-refractivity contribution in [3.63, 3.8) is 0 Å². The molecule has 1 aliphatic heterocycles. The van der Waals surface area contributed by atoms with Crippen molar-refractivity contribution in [1.29, 1.82) is 0 Å². The third kappa shape index (κ3) is 5.05. The third-order valence-corrected chi connectivity index (χ3v) is 4.02. The Bertz CT molecular complexity index is 450. The fraction of sp³-hybridized carbons (Fsp3) is 0.588. The van der Waals surface area contributed by atoms with Gasteiger partial charge in [-0.1, -0.05) is 12.1 Å². The summed E-state index contributed by atoms with van der Waals surface area (Å²) in [5.41, 5.74) is 2.19. The van der Waals surface area contributed by atoms with Gasteiger partial charge in [-0.05, 0) is 50.4 Å². The second-order valence-electron chi connectivity index (χ2n) is 6.24. The second-order valence-corrected chi connectivity index (χ2v) is 6.24. The molecule has 0 radical (unpaired) electrons. The predicted molar refractivity (Wildman–Crippen MR) is 87.6 cm³/mol. The molecule has 4 heteroatoms. The Kier molecular flexibility index (Phi) is 5.62. The molecule has 1 amide bonds. The smallest absolute Gasteiger partial charge is 0.226 e. The average Bonchev–Trinajstić information content (AvgIpc) is 2.93. The number of benzene rings is 1. The van der Waals surface area contributed by atoms with Crippen molar-refractivity contribution in [3.8, 4) is 0 Å². The average molecular weight is 289 g/mol. The fourth-order valence-electron chi connectivity index (χ4n) is 2.78. The first-order valence-corrected chi connectivity index (χ1v) is 7.83. The zero-order valence-electron chi connectivity index (χ0n) is 13.4. The lowest BCUT2D eigenvalue weighted by Gasteiger charge is -2.19. The molecule has 21 heavy (non-hydrogen) atoms. The summed E-state index contributed by atoms with van der Waals surface area (Å²) in [6.45, 7) is 3.38. The summed E-state index contributed by atoms with van der Waals surface area (Å²) in [5.74, 6) is 0.136. The van der Waals surface area contributed by atoms with Crippen LogP contribution in [-0.2, 0) is 11.2 Å². The maximum absolute atomic E-state index is 11.7. The lowest BCUT2D eigenvalue weighted by Crippen LogP contribution is -2.29. The van der Waals surface area contributed by atoms with Gasteiger partial charge in [0.1, 0.15) is 0 Å². The number of carbonyl (C=O) groups excluding carboxylic acids is 1. The van der Waals surface area contributed by atoms with Gasteiger partial charge in [-0.2, -0.15) is 0 Å². The topological polar surface area (TPSA) is 44.4 Å². The molecule has 4 nitrogen and oxygen atoms in total. The van der Waals surface area contributed by atoms with Crippen molar-refractivity contribution in [3.05, 3.63) is 29.8 Å². The molecule has 0 aliphatic carbocycles. The van der Waals surface area contributed by atoms with E-state index in [2.05, 4.69) is 29.7 Å². The van der Waals surface area contributed by atoms with Crippen molar-refractivity contribution in [2.24, 2.45) is 0 Å². The van der Waals surface area contributed by atoms with Crippen LogP contribution in [0.15, 0.2) is 24.3 Å². The lowest BCUT2D eigenvalue weighted by atomic mass is 10.1. The van der Waals surface area contributed by atoms with Crippen molar-refractivity contribution in [2.75, 3.05) is 26.0 Å². The fourth-order valence-corrected chi connectivity index (χ4v) is 2.78. The predicted octanol–water partition coefficient (Wildman–Crippen LogP) is 2.26. The lowest BCUT2D eigenvalue weighted by molar-refractivity contribution is -0.127. The molecule has 1 aliphatic rings. The number of rotatable bonds is 6. The Morgan fingerprint density at radius 3 is 2.67 bits per heavy atom. The van der Waals surface area contributed by atoms with Crippen LogP contribution in [0.3, 0.4) is 0 Å². The molecule has 0 aromatic heterocycles. The molecule has 1 fully saturated rings. The highest BCUT2D eigenvalue weighted by Gasteiger charge is 2.16. The summed E-state index contributed by atoms with van der Waals surface area (Å²) < 4.78 is 0. The van der Waals surface area contributed by atoms with Crippen LogP contribution in [0.5, 0.6) is 0 Å². The standard InChI is InChI=1S/C17H27N3O/c1-13(11-16-5-4-10-18-16)19-15-8-6-14(7-9-15)12-17(21)20(2)3/h6-9,13,16,18-19H,4-5,10-12H2,1-3H3. The van der Waals surface area contributed by atoms with E-state index in [1.54, 1.807) is 19.0 Å². The molecule has 0 bridgehead atoms. The van der Waals surface area contributed by atoms with Crippen molar-refractivity contribution in [1.82, 2.24) is 10.2 Å². The van der Waals surface area contributed by atoms with Gasteiger partial charge in [0.2, 0.25) is 5.91 Å². The Hall–Kier alpha value is -1.55. The SMILES string of the molecule is CC(CC1CCCN1)Nc1ccc(CC(=O)N(C)C)cc1. The van der Waals surface area contributed by atoms with E-state index >= 15 is 0 Å². The summed E-state index contributed by atoms with van der Waals surface area (Å²) in [5, 5.41) is 7.07. The first-order chi connectivity index (χ1) is 10.0. The molecule has 2 atom stereocenters. The summed E-state index contributed by atoms with van der Waals surface area (Å²) in [6.07, 6.45) is 4.21. The van der Waals surface area contributed by atoms with E-state index in [4.69, 9.17) is 0 Å². The van der Waals surface area contributed by atoms with E-state index < -0.39 is 0 Å². The number of anilines is 1. The molecule has 0 spiro atoms. The minimum Gasteiger partial charge on any atom is -0.383 e. The van der Waals surface area contributed by atoms with Crippen LogP contribution in [0, 0.1) is 0 Å². The molecule has 116 valence electrons. The Labute approximate surface area is 127 Å². The van der Waals surface area contributed by atoms with Crippen LogP contribution in [0.2, 0.25) is 0 Å². The van der Waals surface area contributed by atoms with E-state index in [0.29, 0.717) is 18.5 Å². The number of carbonyl (C=O) groups is 1. The van der Waals surface area contributed by atoms with Gasteiger partial charge in [-0.25, -0.2) is 0 Å². The molecule has 2 unspecified atom stereocenters. The van der Waals surface area contributed by atoms with Crippen molar-refractivity contribution < 1.29 is 4.79 Å². The second kappa shape index (κ2) is 7.46. The van der Waals surface area contributed by atoms with Gasteiger partial charge >= 0.3 is 0 Å². The first kappa shape index (κ1) is 15.8. The van der Waals surface area contributed by atoms with Gasteiger partial charge in [0, 0.05) is 31.9 Å². The quantitative estimate of drug-likeness (QED) is 0.844. The molecule has 1 saturated heterocycles. The molecule has 2 rings (SSSR count). The zero-order chi connectivity index (χ0) is 15.2. The van der Waals surface area contributed by atoms with Gasteiger partial charge in [0.15, 0.2) is 0 Å². The summed E-state index contributed by atoms with van der Waals surface area (Å²) >= 11 is 0. The number of likely N-dealkylation sites (N-methyl/N-ethyl adjacent to an activating group) is 1. The minimum atomic E-state index is 0.136. The third-order valence-electron chi connectivity index (χ3n) is 4.02. The Balaban J connectivity index is 1.82. The van der Waals surface area contributed by atoms with Crippen LogP contribution in [-0.4, -0.2) is 43.5 Å². The van der Waals surface area contributed by atoms with E-state index in [-0.39, 0.29) is 5.91 Å². The molecule has 1 aromatic rings. The van der Waals surface area contributed by atoms with Crippen LogP contribution < -0.4 is 10.6 Å².